The first-order valence-corrected chi connectivity index (χ1v) is 6.78. The maximum Gasteiger partial charge on any atom is 0.251 e. The van der Waals surface area contributed by atoms with Crippen molar-refractivity contribution in [3.8, 4) is 0 Å². The van der Waals surface area contributed by atoms with Gasteiger partial charge in [-0.05, 0) is 18.2 Å². The SMILES string of the molecule is CC(C)c1nnc(CNC(=O)c2ccc(Cl)c(Cl)c2)o1. The van der Waals surface area contributed by atoms with Crippen molar-refractivity contribution >= 4 is 29.1 Å². The topological polar surface area (TPSA) is 68.0 Å². The lowest BCUT2D eigenvalue weighted by Gasteiger charge is -2.04. The van der Waals surface area contributed by atoms with Gasteiger partial charge in [0.2, 0.25) is 11.8 Å². The van der Waals surface area contributed by atoms with Crippen LogP contribution in [0.2, 0.25) is 10.0 Å². The third kappa shape index (κ3) is 3.49. The molecule has 0 atom stereocenters. The van der Waals surface area contributed by atoms with Gasteiger partial charge in [0.25, 0.3) is 5.91 Å². The monoisotopic (exact) mass is 313 g/mol. The van der Waals surface area contributed by atoms with Gasteiger partial charge < -0.3 is 9.73 Å². The van der Waals surface area contributed by atoms with Crippen molar-refractivity contribution < 1.29 is 9.21 Å². The largest absolute Gasteiger partial charge is 0.423 e. The van der Waals surface area contributed by atoms with E-state index in [1.54, 1.807) is 12.1 Å². The van der Waals surface area contributed by atoms with Crippen molar-refractivity contribution in [1.29, 1.82) is 0 Å². The van der Waals surface area contributed by atoms with E-state index in [2.05, 4.69) is 15.5 Å². The van der Waals surface area contributed by atoms with E-state index in [1.165, 1.54) is 6.07 Å². The summed E-state index contributed by atoms with van der Waals surface area (Å²) in [4.78, 5) is 11.9. The highest BCUT2D eigenvalue weighted by Crippen LogP contribution is 2.22. The molecule has 1 aromatic heterocycles. The van der Waals surface area contributed by atoms with Gasteiger partial charge in [-0.1, -0.05) is 37.0 Å². The fraction of sp³-hybridized carbons (Fsp3) is 0.308. The molecule has 0 saturated heterocycles. The Bertz CT molecular complexity index is 626. The third-order valence-corrected chi connectivity index (χ3v) is 3.30. The Labute approximate surface area is 126 Å². The minimum Gasteiger partial charge on any atom is -0.423 e. The number of amides is 1. The second kappa shape index (κ2) is 6.24. The molecule has 1 aromatic carbocycles. The standard InChI is InChI=1S/C13H13Cl2N3O2/c1-7(2)13-18-17-11(20-13)6-16-12(19)8-3-4-9(14)10(15)5-8/h3-5,7H,6H2,1-2H3,(H,16,19). The van der Waals surface area contributed by atoms with Crippen molar-refractivity contribution in [3.05, 3.63) is 45.6 Å². The number of carbonyl (C=O) groups is 1. The van der Waals surface area contributed by atoms with Crippen molar-refractivity contribution in [1.82, 2.24) is 15.5 Å². The van der Waals surface area contributed by atoms with Crippen LogP contribution in [0.15, 0.2) is 22.6 Å². The average Bonchev–Trinajstić information content (AvgIpc) is 2.88. The van der Waals surface area contributed by atoms with E-state index in [9.17, 15) is 4.79 Å². The summed E-state index contributed by atoms with van der Waals surface area (Å²) in [5.74, 6) is 0.779. The molecule has 0 aliphatic rings. The summed E-state index contributed by atoms with van der Waals surface area (Å²) < 4.78 is 5.39. The molecule has 0 aliphatic heterocycles. The lowest BCUT2D eigenvalue weighted by molar-refractivity contribution is 0.0947. The smallest absolute Gasteiger partial charge is 0.251 e. The number of benzene rings is 1. The van der Waals surface area contributed by atoms with Crippen LogP contribution in [-0.2, 0) is 6.54 Å². The maximum absolute atomic E-state index is 11.9. The predicted molar refractivity (Wildman–Crippen MR) is 76.0 cm³/mol. The number of nitrogens with zero attached hydrogens (tertiary/aromatic N) is 2. The molecule has 0 fully saturated rings. The fourth-order valence-corrected chi connectivity index (χ4v) is 1.76. The number of nitrogens with one attached hydrogen (secondary N) is 1. The molecule has 20 heavy (non-hydrogen) atoms. The number of hydrogen-bond acceptors (Lipinski definition) is 4. The fourth-order valence-electron chi connectivity index (χ4n) is 1.47. The highest BCUT2D eigenvalue weighted by Gasteiger charge is 2.12. The molecule has 0 spiro atoms. The van der Waals surface area contributed by atoms with E-state index < -0.39 is 0 Å². The summed E-state index contributed by atoms with van der Waals surface area (Å²) in [6, 6.07) is 4.67. The maximum atomic E-state index is 11.9. The van der Waals surface area contributed by atoms with Crippen molar-refractivity contribution in [3.63, 3.8) is 0 Å². The van der Waals surface area contributed by atoms with Crippen LogP contribution in [-0.4, -0.2) is 16.1 Å². The van der Waals surface area contributed by atoms with E-state index in [-0.39, 0.29) is 18.4 Å². The Morgan fingerprint density at radius 1 is 1.30 bits per heavy atom. The molecule has 0 radical (unpaired) electrons. The molecule has 1 N–H and O–H groups in total. The molecule has 1 amide bonds. The van der Waals surface area contributed by atoms with E-state index in [4.69, 9.17) is 27.6 Å². The molecular formula is C13H13Cl2N3O2. The predicted octanol–water partition coefficient (Wildman–Crippen LogP) is 3.43. The third-order valence-electron chi connectivity index (χ3n) is 2.56. The summed E-state index contributed by atoms with van der Waals surface area (Å²) in [5, 5.41) is 11.2. The summed E-state index contributed by atoms with van der Waals surface area (Å²) in [6.45, 7) is 4.07. The number of hydrogen-bond donors (Lipinski definition) is 1. The van der Waals surface area contributed by atoms with Crippen molar-refractivity contribution in [2.24, 2.45) is 0 Å². The highest BCUT2D eigenvalue weighted by molar-refractivity contribution is 6.42. The molecule has 0 bridgehead atoms. The van der Waals surface area contributed by atoms with Gasteiger partial charge in [-0.2, -0.15) is 0 Å². The first-order valence-electron chi connectivity index (χ1n) is 6.03. The molecule has 2 rings (SSSR count). The van der Waals surface area contributed by atoms with E-state index in [1.807, 2.05) is 13.8 Å². The first kappa shape index (κ1) is 14.8. The van der Waals surface area contributed by atoms with E-state index >= 15 is 0 Å². The lowest BCUT2D eigenvalue weighted by atomic mass is 10.2. The normalized spacial score (nSPS) is 10.8. The van der Waals surface area contributed by atoms with Crippen molar-refractivity contribution in [2.45, 2.75) is 26.3 Å². The van der Waals surface area contributed by atoms with Crippen LogP contribution in [0.3, 0.4) is 0 Å². The minimum absolute atomic E-state index is 0.155. The molecule has 7 heteroatoms. The van der Waals surface area contributed by atoms with Crippen LogP contribution in [0.4, 0.5) is 0 Å². The van der Waals surface area contributed by atoms with Crippen LogP contribution < -0.4 is 5.32 Å². The summed E-state index contributed by atoms with van der Waals surface area (Å²) in [5.41, 5.74) is 0.419. The summed E-state index contributed by atoms with van der Waals surface area (Å²) >= 11 is 11.7. The van der Waals surface area contributed by atoms with Crippen LogP contribution in [0, 0.1) is 0 Å². The first-order chi connectivity index (χ1) is 9.47. The zero-order chi connectivity index (χ0) is 14.7. The van der Waals surface area contributed by atoms with Crippen LogP contribution in [0.1, 0.15) is 41.9 Å². The zero-order valence-corrected chi connectivity index (χ0v) is 12.5. The van der Waals surface area contributed by atoms with Gasteiger partial charge in [0.15, 0.2) is 0 Å². The highest BCUT2D eigenvalue weighted by atomic mass is 35.5. The Morgan fingerprint density at radius 3 is 2.65 bits per heavy atom. The molecule has 0 aliphatic carbocycles. The van der Waals surface area contributed by atoms with Crippen LogP contribution >= 0.6 is 23.2 Å². The Kier molecular flexibility index (Phi) is 4.62. The second-order valence-corrected chi connectivity index (χ2v) is 5.31. The Hall–Kier alpha value is -1.59. The van der Waals surface area contributed by atoms with Crippen LogP contribution in [0.25, 0.3) is 0 Å². The molecule has 1 heterocycles. The average molecular weight is 314 g/mol. The Balaban J connectivity index is 1.99. The summed E-state index contributed by atoms with van der Waals surface area (Å²) in [7, 11) is 0. The van der Waals surface area contributed by atoms with E-state index in [0.29, 0.717) is 27.4 Å². The molecule has 0 saturated carbocycles. The second-order valence-electron chi connectivity index (χ2n) is 4.50. The molecule has 2 aromatic rings. The number of rotatable bonds is 4. The molecular weight excluding hydrogens is 301 g/mol. The minimum atomic E-state index is -0.284. The van der Waals surface area contributed by atoms with Gasteiger partial charge in [0.1, 0.15) is 0 Å². The van der Waals surface area contributed by atoms with Crippen LogP contribution in [0.5, 0.6) is 0 Å². The van der Waals surface area contributed by atoms with Gasteiger partial charge in [0.05, 0.1) is 16.6 Å². The van der Waals surface area contributed by atoms with Gasteiger partial charge in [-0.15, -0.1) is 10.2 Å². The lowest BCUT2D eigenvalue weighted by Crippen LogP contribution is -2.22. The molecule has 106 valence electrons. The van der Waals surface area contributed by atoms with Crippen molar-refractivity contribution in [2.75, 3.05) is 0 Å². The summed E-state index contributed by atoms with van der Waals surface area (Å²) in [6.07, 6.45) is 0. The van der Waals surface area contributed by atoms with Gasteiger partial charge in [-0.3, -0.25) is 4.79 Å². The number of aromatic nitrogens is 2. The van der Waals surface area contributed by atoms with Gasteiger partial charge >= 0.3 is 0 Å². The molecule has 5 nitrogen and oxygen atoms in total. The number of carbonyl (C=O) groups excluding carboxylic acids is 1. The quantitative estimate of drug-likeness (QED) is 0.939. The molecule has 0 unspecified atom stereocenters. The van der Waals surface area contributed by atoms with Gasteiger partial charge in [-0.25, -0.2) is 0 Å². The Morgan fingerprint density at radius 2 is 2.05 bits per heavy atom. The van der Waals surface area contributed by atoms with E-state index in [0.717, 1.165) is 0 Å². The zero-order valence-electron chi connectivity index (χ0n) is 11.0. The van der Waals surface area contributed by atoms with Gasteiger partial charge in [0, 0.05) is 11.5 Å². The number of halogens is 2.